The fourth-order valence-corrected chi connectivity index (χ4v) is 1.99. The molecule has 2 rings (SSSR count). The highest BCUT2D eigenvalue weighted by molar-refractivity contribution is 5.75. The van der Waals surface area contributed by atoms with E-state index in [-0.39, 0.29) is 18.2 Å². The summed E-state index contributed by atoms with van der Waals surface area (Å²) in [6, 6.07) is 9.55. The number of benzene rings is 1. The van der Waals surface area contributed by atoms with Crippen molar-refractivity contribution in [3.05, 3.63) is 35.9 Å². The molecular weight excluding hydrogens is 216 g/mol. The normalized spacial score (nSPS) is 17.0. The second kappa shape index (κ2) is 5.19. The zero-order chi connectivity index (χ0) is 12.1. The van der Waals surface area contributed by atoms with E-state index in [1.165, 1.54) is 0 Å². The molecular formula is C13H18N2O2. The predicted molar refractivity (Wildman–Crippen MR) is 65.5 cm³/mol. The standard InChI is InChI=1S/C13H18N2O2/c16-10-13(7-4-8-13)15-12(17)14-9-11-5-2-1-3-6-11/h1-3,5-6,16H,4,7-10H2,(H2,14,15,17). The third-order valence-electron chi connectivity index (χ3n) is 3.29. The van der Waals surface area contributed by atoms with Gasteiger partial charge in [-0.25, -0.2) is 4.79 Å². The Hall–Kier alpha value is -1.55. The predicted octanol–water partition coefficient (Wildman–Crippen LogP) is 1.40. The maximum Gasteiger partial charge on any atom is 0.315 e. The number of carbonyl (C=O) groups is 1. The van der Waals surface area contributed by atoms with Crippen molar-refractivity contribution < 1.29 is 9.90 Å². The van der Waals surface area contributed by atoms with E-state index in [9.17, 15) is 9.90 Å². The quantitative estimate of drug-likeness (QED) is 0.737. The molecule has 92 valence electrons. The van der Waals surface area contributed by atoms with Gasteiger partial charge < -0.3 is 15.7 Å². The molecule has 1 aliphatic rings. The minimum Gasteiger partial charge on any atom is -0.394 e. The molecule has 3 N–H and O–H groups in total. The highest BCUT2D eigenvalue weighted by atomic mass is 16.3. The molecule has 1 aromatic rings. The van der Waals surface area contributed by atoms with Crippen LogP contribution in [0.2, 0.25) is 0 Å². The fraction of sp³-hybridized carbons (Fsp3) is 0.462. The van der Waals surface area contributed by atoms with Gasteiger partial charge in [-0.2, -0.15) is 0 Å². The number of rotatable bonds is 4. The Labute approximate surface area is 101 Å². The van der Waals surface area contributed by atoms with Gasteiger partial charge in [-0.05, 0) is 24.8 Å². The number of amides is 2. The van der Waals surface area contributed by atoms with Gasteiger partial charge >= 0.3 is 6.03 Å². The summed E-state index contributed by atoms with van der Waals surface area (Å²) >= 11 is 0. The van der Waals surface area contributed by atoms with Gasteiger partial charge in [-0.1, -0.05) is 30.3 Å². The first-order chi connectivity index (χ1) is 8.24. The largest absolute Gasteiger partial charge is 0.394 e. The molecule has 4 nitrogen and oxygen atoms in total. The van der Waals surface area contributed by atoms with Crippen molar-refractivity contribution in [2.75, 3.05) is 6.61 Å². The van der Waals surface area contributed by atoms with Crippen molar-refractivity contribution in [2.45, 2.75) is 31.3 Å². The summed E-state index contributed by atoms with van der Waals surface area (Å²) in [7, 11) is 0. The van der Waals surface area contributed by atoms with Crippen LogP contribution in [0.3, 0.4) is 0 Å². The van der Waals surface area contributed by atoms with E-state index < -0.39 is 0 Å². The second-order valence-electron chi connectivity index (χ2n) is 4.59. The fourth-order valence-electron chi connectivity index (χ4n) is 1.99. The lowest BCUT2D eigenvalue weighted by Crippen LogP contribution is -2.58. The molecule has 0 radical (unpaired) electrons. The van der Waals surface area contributed by atoms with Gasteiger partial charge in [0.1, 0.15) is 0 Å². The topological polar surface area (TPSA) is 61.4 Å². The number of carbonyl (C=O) groups excluding carboxylic acids is 1. The molecule has 0 spiro atoms. The minimum atomic E-state index is -0.374. The van der Waals surface area contributed by atoms with Gasteiger partial charge in [-0.3, -0.25) is 0 Å². The van der Waals surface area contributed by atoms with Gasteiger partial charge in [0.05, 0.1) is 12.1 Å². The number of urea groups is 1. The van der Waals surface area contributed by atoms with E-state index >= 15 is 0 Å². The molecule has 1 aromatic carbocycles. The molecule has 2 amide bonds. The molecule has 4 heteroatoms. The summed E-state index contributed by atoms with van der Waals surface area (Å²) < 4.78 is 0. The maximum absolute atomic E-state index is 11.7. The van der Waals surface area contributed by atoms with Crippen LogP contribution in [0.1, 0.15) is 24.8 Å². The first kappa shape index (κ1) is 11.9. The summed E-state index contributed by atoms with van der Waals surface area (Å²) in [5.41, 5.74) is 0.690. The van der Waals surface area contributed by atoms with Crippen LogP contribution in [0, 0.1) is 0 Å². The molecule has 0 saturated heterocycles. The molecule has 0 heterocycles. The summed E-state index contributed by atoms with van der Waals surface area (Å²) in [4.78, 5) is 11.7. The van der Waals surface area contributed by atoms with Crippen molar-refractivity contribution in [1.29, 1.82) is 0 Å². The van der Waals surface area contributed by atoms with Crippen molar-refractivity contribution in [3.63, 3.8) is 0 Å². The van der Waals surface area contributed by atoms with Crippen LogP contribution in [0.15, 0.2) is 30.3 Å². The lowest BCUT2D eigenvalue weighted by molar-refractivity contribution is 0.0958. The SMILES string of the molecule is O=C(NCc1ccccc1)NC1(CO)CCC1. The lowest BCUT2D eigenvalue weighted by Gasteiger charge is -2.40. The Morgan fingerprint density at radius 3 is 2.53 bits per heavy atom. The van der Waals surface area contributed by atoms with E-state index in [1.807, 2.05) is 30.3 Å². The van der Waals surface area contributed by atoms with Crippen LogP contribution in [0.25, 0.3) is 0 Å². The molecule has 0 aliphatic heterocycles. The van der Waals surface area contributed by atoms with Crippen LogP contribution >= 0.6 is 0 Å². The monoisotopic (exact) mass is 234 g/mol. The molecule has 1 saturated carbocycles. The van der Waals surface area contributed by atoms with Crippen LogP contribution in [-0.2, 0) is 6.54 Å². The second-order valence-corrected chi connectivity index (χ2v) is 4.59. The van der Waals surface area contributed by atoms with Crippen LogP contribution in [-0.4, -0.2) is 23.3 Å². The van der Waals surface area contributed by atoms with E-state index in [0.29, 0.717) is 6.54 Å². The number of hydrogen-bond acceptors (Lipinski definition) is 2. The Morgan fingerprint density at radius 2 is 2.00 bits per heavy atom. The molecule has 17 heavy (non-hydrogen) atoms. The lowest BCUT2D eigenvalue weighted by atomic mass is 9.77. The summed E-state index contributed by atoms with van der Waals surface area (Å²) in [5.74, 6) is 0. The zero-order valence-electron chi connectivity index (χ0n) is 9.78. The van der Waals surface area contributed by atoms with Crippen molar-refractivity contribution in [3.8, 4) is 0 Å². The van der Waals surface area contributed by atoms with E-state index in [0.717, 1.165) is 24.8 Å². The summed E-state index contributed by atoms with van der Waals surface area (Å²) in [6.07, 6.45) is 2.80. The Bertz CT molecular complexity index is 369. The maximum atomic E-state index is 11.7. The van der Waals surface area contributed by atoms with Gasteiger partial charge in [0.15, 0.2) is 0 Å². The smallest absolute Gasteiger partial charge is 0.315 e. The highest BCUT2D eigenvalue weighted by Gasteiger charge is 2.37. The van der Waals surface area contributed by atoms with Gasteiger partial charge in [0, 0.05) is 6.54 Å². The molecule has 1 aliphatic carbocycles. The third kappa shape index (κ3) is 2.97. The first-order valence-electron chi connectivity index (χ1n) is 5.95. The minimum absolute atomic E-state index is 0.0196. The van der Waals surface area contributed by atoms with Crippen LogP contribution in [0.4, 0.5) is 4.79 Å². The first-order valence-corrected chi connectivity index (χ1v) is 5.95. The summed E-state index contributed by atoms with van der Waals surface area (Å²) in [6.45, 7) is 0.528. The Morgan fingerprint density at radius 1 is 1.29 bits per heavy atom. The van der Waals surface area contributed by atoms with Gasteiger partial charge in [-0.15, -0.1) is 0 Å². The van der Waals surface area contributed by atoms with Crippen molar-refractivity contribution in [1.82, 2.24) is 10.6 Å². The zero-order valence-corrected chi connectivity index (χ0v) is 9.78. The van der Waals surface area contributed by atoms with Gasteiger partial charge in [0.2, 0.25) is 0 Å². The molecule has 0 atom stereocenters. The molecule has 0 bridgehead atoms. The van der Waals surface area contributed by atoms with Gasteiger partial charge in [0.25, 0.3) is 0 Å². The molecule has 1 fully saturated rings. The number of hydrogen-bond donors (Lipinski definition) is 3. The van der Waals surface area contributed by atoms with Crippen LogP contribution in [0.5, 0.6) is 0 Å². The molecule has 0 unspecified atom stereocenters. The van der Waals surface area contributed by atoms with E-state index in [2.05, 4.69) is 10.6 Å². The van der Waals surface area contributed by atoms with Crippen molar-refractivity contribution >= 4 is 6.03 Å². The third-order valence-corrected chi connectivity index (χ3v) is 3.29. The molecule has 0 aromatic heterocycles. The van der Waals surface area contributed by atoms with Crippen molar-refractivity contribution in [2.24, 2.45) is 0 Å². The number of nitrogens with one attached hydrogen (secondary N) is 2. The number of aliphatic hydroxyl groups is 1. The Kier molecular flexibility index (Phi) is 3.64. The summed E-state index contributed by atoms with van der Waals surface area (Å²) in [5, 5.41) is 14.9. The average Bonchev–Trinajstić information content (AvgIpc) is 2.33. The number of aliphatic hydroxyl groups excluding tert-OH is 1. The van der Waals surface area contributed by atoms with E-state index in [4.69, 9.17) is 0 Å². The average molecular weight is 234 g/mol. The highest BCUT2D eigenvalue weighted by Crippen LogP contribution is 2.30. The Balaban J connectivity index is 1.78. The van der Waals surface area contributed by atoms with E-state index in [1.54, 1.807) is 0 Å². The van der Waals surface area contributed by atoms with Crippen LogP contribution < -0.4 is 10.6 Å².